The first-order valence-corrected chi connectivity index (χ1v) is 9.43. The molecule has 30 heavy (non-hydrogen) atoms. The zero-order valence-corrected chi connectivity index (χ0v) is 16.7. The van der Waals surface area contributed by atoms with Gasteiger partial charge >= 0.3 is 5.97 Å². The van der Waals surface area contributed by atoms with Crippen LogP contribution in [0.1, 0.15) is 34.5 Å². The Kier molecular flexibility index (Phi) is 6.60. The summed E-state index contributed by atoms with van der Waals surface area (Å²) in [5.74, 6) is -1.30. The van der Waals surface area contributed by atoms with Crippen LogP contribution in [0.4, 0.5) is 11.4 Å². The van der Waals surface area contributed by atoms with E-state index in [9.17, 15) is 14.4 Å². The molecule has 0 saturated heterocycles. The molecule has 3 rings (SSSR count). The van der Waals surface area contributed by atoms with Crippen LogP contribution in [-0.4, -0.2) is 17.8 Å². The largest absolute Gasteiger partial charge is 0.444 e. The monoisotopic (exact) mass is 402 g/mol. The molecule has 0 aliphatic rings. The molecule has 0 fully saturated rings. The van der Waals surface area contributed by atoms with Crippen molar-refractivity contribution in [3.05, 3.63) is 95.6 Å². The number of nitrogens with one attached hydrogen (secondary N) is 2. The Morgan fingerprint density at radius 3 is 1.93 bits per heavy atom. The van der Waals surface area contributed by atoms with Crippen molar-refractivity contribution in [1.29, 1.82) is 0 Å². The van der Waals surface area contributed by atoms with Crippen LogP contribution in [0.2, 0.25) is 0 Å². The number of hydrogen-bond acceptors (Lipinski definition) is 4. The van der Waals surface area contributed by atoms with Crippen LogP contribution in [0.5, 0.6) is 0 Å². The normalized spacial score (nSPS) is 11.3. The minimum atomic E-state index is -1.12. The van der Waals surface area contributed by atoms with E-state index < -0.39 is 18.0 Å². The number of carbonyl (C=O) groups is 3. The highest BCUT2D eigenvalue weighted by atomic mass is 16.5. The zero-order chi connectivity index (χ0) is 21.5. The highest BCUT2D eigenvalue weighted by Crippen LogP contribution is 2.22. The summed E-state index contributed by atoms with van der Waals surface area (Å²) in [6.07, 6.45) is -1.12. The Balaban J connectivity index is 1.78. The van der Waals surface area contributed by atoms with Crippen molar-refractivity contribution >= 4 is 29.2 Å². The molecule has 1 atom stereocenters. The second kappa shape index (κ2) is 9.52. The molecule has 3 aromatic rings. The number of hydrogen-bond donors (Lipinski definition) is 2. The molecule has 0 spiro atoms. The average molecular weight is 402 g/mol. The maximum Gasteiger partial charge on any atom is 0.339 e. The third-order valence-corrected chi connectivity index (χ3v) is 4.33. The summed E-state index contributed by atoms with van der Waals surface area (Å²) in [5.41, 5.74) is 3.08. The van der Waals surface area contributed by atoms with Gasteiger partial charge in [0.25, 0.3) is 5.91 Å². The van der Waals surface area contributed by atoms with E-state index in [1.165, 1.54) is 19.1 Å². The Morgan fingerprint density at radius 1 is 0.767 bits per heavy atom. The van der Waals surface area contributed by atoms with E-state index in [4.69, 9.17) is 4.74 Å². The summed E-state index contributed by atoms with van der Waals surface area (Å²) in [7, 11) is 0. The zero-order valence-electron chi connectivity index (χ0n) is 16.7. The summed E-state index contributed by atoms with van der Waals surface area (Å²) in [5, 5.41) is 5.42. The predicted molar refractivity (Wildman–Crippen MR) is 115 cm³/mol. The summed E-state index contributed by atoms with van der Waals surface area (Å²) in [4.78, 5) is 36.7. The van der Waals surface area contributed by atoms with Gasteiger partial charge < -0.3 is 15.4 Å². The fraction of sp³-hybridized carbons (Fsp3) is 0.125. The SMILES string of the molecule is CC(=O)Nc1ccc(C(=O)O[C@H](C(=O)Nc2ccc(C)cc2)c2ccccc2)cc1. The lowest BCUT2D eigenvalue weighted by Gasteiger charge is -2.18. The molecule has 0 aromatic heterocycles. The standard InChI is InChI=1S/C24H22N2O4/c1-16-8-12-21(13-9-16)26-23(28)22(18-6-4-3-5-7-18)30-24(29)19-10-14-20(15-11-19)25-17(2)27/h3-15,22H,1-2H3,(H,25,27)(H,26,28)/t22-/m0/s1. The summed E-state index contributed by atoms with van der Waals surface area (Å²) in [6.45, 7) is 3.36. The lowest BCUT2D eigenvalue weighted by atomic mass is 10.1. The maximum atomic E-state index is 12.9. The van der Waals surface area contributed by atoms with Crippen LogP contribution in [0.15, 0.2) is 78.9 Å². The van der Waals surface area contributed by atoms with E-state index in [2.05, 4.69) is 10.6 Å². The summed E-state index contributed by atoms with van der Waals surface area (Å²) in [6, 6.07) is 22.4. The van der Waals surface area contributed by atoms with E-state index >= 15 is 0 Å². The fourth-order valence-electron chi connectivity index (χ4n) is 2.81. The number of esters is 1. The molecule has 2 amide bonds. The van der Waals surface area contributed by atoms with Crippen molar-refractivity contribution < 1.29 is 19.1 Å². The lowest BCUT2D eigenvalue weighted by Crippen LogP contribution is -2.26. The Hall–Kier alpha value is -3.93. The molecule has 6 nitrogen and oxygen atoms in total. The van der Waals surface area contributed by atoms with Gasteiger partial charge in [-0.2, -0.15) is 0 Å². The van der Waals surface area contributed by atoms with Gasteiger partial charge in [-0.25, -0.2) is 4.79 Å². The van der Waals surface area contributed by atoms with Gasteiger partial charge in [0, 0.05) is 23.9 Å². The third-order valence-electron chi connectivity index (χ3n) is 4.33. The molecule has 6 heteroatoms. The van der Waals surface area contributed by atoms with Crippen LogP contribution < -0.4 is 10.6 Å². The van der Waals surface area contributed by atoms with Crippen molar-refractivity contribution in [2.45, 2.75) is 20.0 Å². The first-order valence-electron chi connectivity index (χ1n) is 9.43. The van der Waals surface area contributed by atoms with E-state index in [0.29, 0.717) is 16.9 Å². The van der Waals surface area contributed by atoms with Crippen molar-refractivity contribution in [3.63, 3.8) is 0 Å². The van der Waals surface area contributed by atoms with Crippen molar-refractivity contribution in [3.8, 4) is 0 Å². The van der Waals surface area contributed by atoms with Crippen LogP contribution in [0, 0.1) is 6.92 Å². The predicted octanol–water partition coefficient (Wildman–Crippen LogP) is 4.49. The van der Waals surface area contributed by atoms with E-state index in [1.807, 2.05) is 25.1 Å². The highest BCUT2D eigenvalue weighted by Gasteiger charge is 2.25. The lowest BCUT2D eigenvalue weighted by molar-refractivity contribution is -0.125. The van der Waals surface area contributed by atoms with Gasteiger partial charge in [-0.15, -0.1) is 0 Å². The van der Waals surface area contributed by atoms with Gasteiger partial charge in [0.2, 0.25) is 12.0 Å². The maximum absolute atomic E-state index is 12.9. The first-order chi connectivity index (χ1) is 14.4. The van der Waals surface area contributed by atoms with Gasteiger partial charge in [-0.1, -0.05) is 48.0 Å². The Bertz CT molecular complexity index is 1030. The van der Waals surface area contributed by atoms with E-state index in [-0.39, 0.29) is 11.5 Å². The Labute approximate surface area is 174 Å². The third kappa shape index (κ3) is 5.54. The van der Waals surface area contributed by atoms with Crippen LogP contribution >= 0.6 is 0 Å². The molecule has 0 unspecified atom stereocenters. The van der Waals surface area contributed by atoms with E-state index in [1.54, 1.807) is 48.5 Å². The van der Waals surface area contributed by atoms with E-state index in [0.717, 1.165) is 5.56 Å². The van der Waals surface area contributed by atoms with Gasteiger partial charge in [0.1, 0.15) is 0 Å². The van der Waals surface area contributed by atoms with Crippen LogP contribution in [0.25, 0.3) is 0 Å². The topological polar surface area (TPSA) is 84.5 Å². The molecule has 0 bridgehead atoms. The molecular formula is C24H22N2O4. The average Bonchev–Trinajstić information content (AvgIpc) is 2.74. The fourth-order valence-corrected chi connectivity index (χ4v) is 2.81. The number of amides is 2. The number of ether oxygens (including phenoxy) is 1. The molecular weight excluding hydrogens is 380 g/mol. The van der Waals surface area contributed by atoms with Crippen LogP contribution in [-0.2, 0) is 14.3 Å². The van der Waals surface area contributed by atoms with Gasteiger partial charge in [0.15, 0.2) is 0 Å². The molecule has 0 saturated carbocycles. The number of benzene rings is 3. The summed E-state index contributed by atoms with van der Waals surface area (Å²) < 4.78 is 5.56. The van der Waals surface area contributed by atoms with Crippen molar-refractivity contribution in [1.82, 2.24) is 0 Å². The number of aryl methyl sites for hydroxylation is 1. The number of carbonyl (C=O) groups excluding carboxylic acids is 3. The highest BCUT2D eigenvalue weighted by molar-refractivity contribution is 5.98. The van der Waals surface area contributed by atoms with Crippen molar-refractivity contribution in [2.24, 2.45) is 0 Å². The molecule has 0 radical (unpaired) electrons. The second-order valence-corrected chi connectivity index (χ2v) is 6.81. The Morgan fingerprint density at radius 2 is 1.33 bits per heavy atom. The number of rotatable bonds is 6. The molecule has 2 N–H and O–H groups in total. The smallest absolute Gasteiger partial charge is 0.339 e. The quantitative estimate of drug-likeness (QED) is 0.595. The molecule has 152 valence electrons. The minimum Gasteiger partial charge on any atom is -0.444 e. The molecule has 3 aromatic carbocycles. The number of anilines is 2. The van der Waals surface area contributed by atoms with Gasteiger partial charge in [-0.05, 0) is 43.3 Å². The first kappa shape index (κ1) is 20.8. The van der Waals surface area contributed by atoms with Gasteiger partial charge in [-0.3, -0.25) is 9.59 Å². The van der Waals surface area contributed by atoms with Crippen molar-refractivity contribution in [2.75, 3.05) is 10.6 Å². The second-order valence-electron chi connectivity index (χ2n) is 6.81. The molecule has 0 heterocycles. The van der Waals surface area contributed by atoms with Crippen LogP contribution in [0.3, 0.4) is 0 Å². The molecule has 0 aliphatic carbocycles. The molecule has 0 aliphatic heterocycles. The minimum absolute atomic E-state index is 0.206. The van der Waals surface area contributed by atoms with Gasteiger partial charge in [0.05, 0.1) is 5.56 Å². The summed E-state index contributed by atoms with van der Waals surface area (Å²) >= 11 is 0.